The summed E-state index contributed by atoms with van der Waals surface area (Å²) in [5.74, 6) is -3.54. The maximum Gasteiger partial charge on any atom is 0.276 e. The minimum absolute atomic E-state index is 0.0638. The number of hydrogen-bond donors (Lipinski definition) is 0. The smallest absolute Gasteiger partial charge is 0.276 e. The Morgan fingerprint density at radius 1 is 1.31 bits per heavy atom. The summed E-state index contributed by atoms with van der Waals surface area (Å²) in [5, 5.41) is 11.5. The molecule has 0 saturated carbocycles. The van der Waals surface area contributed by atoms with Crippen molar-refractivity contribution in [1.29, 1.82) is 0 Å². The van der Waals surface area contributed by atoms with Crippen LogP contribution in [0.3, 0.4) is 0 Å². The zero-order valence-corrected chi connectivity index (χ0v) is 16.5. The van der Waals surface area contributed by atoms with Crippen LogP contribution in [0, 0.1) is 0 Å². The summed E-state index contributed by atoms with van der Waals surface area (Å²) < 4.78 is 34.7. The minimum atomic E-state index is -2.94. The van der Waals surface area contributed by atoms with E-state index in [2.05, 4.69) is 10.3 Å². The van der Waals surface area contributed by atoms with Crippen molar-refractivity contribution in [1.82, 2.24) is 24.8 Å². The number of morpholine rings is 1. The first kappa shape index (κ1) is 19.9. The standard InChI is InChI=1S/C18H21F2N5O3S/c19-18(20)8-14(25(12-18)16(26)7-13-1-6-29-11-13)9-24-10-15(21-22-24)17(27)23-2-4-28-5-3-23/h1,6,10-11,14H,2-5,7-9,12H2/t14-/m0/s1. The van der Waals surface area contributed by atoms with Gasteiger partial charge < -0.3 is 14.5 Å². The number of carbonyl (C=O) groups excluding carboxylic acids is 2. The van der Waals surface area contributed by atoms with E-state index >= 15 is 0 Å². The number of halogens is 2. The number of ether oxygens (including phenoxy) is 1. The molecular weight excluding hydrogens is 404 g/mol. The molecule has 156 valence electrons. The zero-order chi connectivity index (χ0) is 20.4. The second kappa shape index (κ2) is 8.15. The van der Waals surface area contributed by atoms with Gasteiger partial charge in [-0.1, -0.05) is 5.21 Å². The normalized spacial score (nSPS) is 21.5. The summed E-state index contributed by atoms with van der Waals surface area (Å²) in [6.07, 6.45) is 1.11. The molecule has 2 saturated heterocycles. The van der Waals surface area contributed by atoms with Crippen molar-refractivity contribution in [2.75, 3.05) is 32.8 Å². The SMILES string of the molecule is O=C(c1cn(C[C@@H]2CC(F)(F)CN2C(=O)Cc2ccsc2)nn1)N1CCOCC1. The van der Waals surface area contributed by atoms with Crippen LogP contribution in [0.5, 0.6) is 0 Å². The van der Waals surface area contributed by atoms with Crippen LogP contribution in [0.15, 0.2) is 23.0 Å². The number of aromatic nitrogens is 3. The van der Waals surface area contributed by atoms with Crippen molar-refractivity contribution in [2.45, 2.75) is 31.4 Å². The Kier molecular flexibility index (Phi) is 5.59. The molecular formula is C18H21F2N5O3S. The van der Waals surface area contributed by atoms with Crippen molar-refractivity contribution in [2.24, 2.45) is 0 Å². The van der Waals surface area contributed by atoms with Crippen LogP contribution >= 0.6 is 11.3 Å². The lowest BCUT2D eigenvalue weighted by Gasteiger charge is -2.25. The Hall–Kier alpha value is -2.40. The fourth-order valence-electron chi connectivity index (χ4n) is 3.65. The second-order valence-electron chi connectivity index (χ2n) is 7.27. The first-order valence-corrected chi connectivity index (χ1v) is 10.3. The monoisotopic (exact) mass is 425 g/mol. The maximum atomic E-state index is 14.1. The predicted octanol–water partition coefficient (Wildman–Crippen LogP) is 1.29. The highest BCUT2D eigenvalue weighted by Gasteiger charge is 2.47. The average molecular weight is 425 g/mol. The highest BCUT2D eigenvalue weighted by Crippen LogP contribution is 2.33. The van der Waals surface area contributed by atoms with Gasteiger partial charge >= 0.3 is 0 Å². The molecule has 4 heterocycles. The molecule has 2 aromatic heterocycles. The molecule has 2 fully saturated rings. The fraction of sp³-hybridized carbons (Fsp3) is 0.556. The highest BCUT2D eigenvalue weighted by atomic mass is 32.1. The Morgan fingerprint density at radius 3 is 2.83 bits per heavy atom. The van der Waals surface area contributed by atoms with E-state index in [9.17, 15) is 18.4 Å². The van der Waals surface area contributed by atoms with Gasteiger partial charge in [-0.15, -0.1) is 5.10 Å². The van der Waals surface area contributed by atoms with Crippen LogP contribution in [0.4, 0.5) is 8.78 Å². The summed E-state index contributed by atoms with van der Waals surface area (Å²) in [6, 6.07) is 1.11. The number of amides is 2. The average Bonchev–Trinajstić information content (AvgIpc) is 3.43. The van der Waals surface area contributed by atoms with Crippen LogP contribution in [0.2, 0.25) is 0 Å². The molecule has 0 N–H and O–H groups in total. The van der Waals surface area contributed by atoms with Gasteiger partial charge in [0.1, 0.15) is 0 Å². The molecule has 0 bridgehead atoms. The van der Waals surface area contributed by atoms with E-state index in [0.29, 0.717) is 26.3 Å². The van der Waals surface area contributed by atoms with E-state index in [4.69, 9.17) is 4.74 Å². The Balaban J connectivity index is 1.43. The number of alkyl halides is 2. The number of carbonyl (C=O) groups is 2. The van der Waals surface area contributed by atoms with E-state index in [1.165, 1.54) is 27.1 Å². The van der Waals surface area contributed by atoms with Crippen molar-refractivity contribution < 1.29 is 23.1 Å². The van der Waals surface area contributed by atoms with Crippen molar-refractivity contribution >= 4 is 23.2 Å². The van der Waals surface area contributed by atoms with Crippen LogP contribution in [-0.4, -0.2) is 81.4 Å². The first-order chi connectivity index (χ1) is 13.9. The largest absolute Gasteiger partial charge is 0.378 e. The van der Waals surface area contributed by atoms with Crippen molar-refractivity contribution in [3.8, 4) is 0 Å². The summed E-state index contributed by atoms with van der Waals surface area (Å²) in [6.45, 7) is 1.36. The zero-order valence-electron chi connectivity index (χ0n) is 15.7. The van der Waals surface area contributed by atoms with Gasteiger partial charge in [0.15, 0.2) is 5.69 Å². The maximum absolute atomic E-state index is 14.1. The number of likely N-dealkylation sites (tertiary alicyclic amines) is 1. The Morgan fingerprint density at radius 2 is 2.10 bits per heavy atom. The fourth-order valence-corrected chi connectivity index (χ4v) is 4.32. The summed E-state index contributed by atoms with van der Waals surface area (Å²) >= 11 is 1.46. The van der Waals surface area contributed by atoms with Crippen LogP contribution in [0.25, 0.3) is 0 Å². The highest BCUT2D eigenvalue weighted by molar-refractivity contribution is 7.08. The Bertz CT molecular complexity index is 867. The molecule has 29 heavy (non-hydrogen) atoms. The van der Waals surface area contributed by atoms with Gasteiger partial charge in [0.25, 0.3) is 11.8 Å². The third kappa shape index (κ3) is 4.61. The summed E-state index contributed by atoms with van der Waals surface area (Å²) in [7, 11) is 0. The number of thiophene rings is 1. The molecule has 1 atom stereocenters. The van der Waals surface area contributed by atoms with Crippen LogP contribution in [-0.2, 0) is 22.5 Å². The number of nitrogens with zero attached hydrogens (tertiary/aromatic N) is 5. The van der Waals surface area contributed by atoms with Crippen molar-refractivity contribution in [3.05, 3.63) is 34.3 Å². The quantitative estimate of drug-likeness (QED) is 0.721. The predicted molar refractivity (Wildman–Crippen MR) is 99.8 cm³/mol. The number of hydrogen-bond acceptors (Lipinski definition) is 6. The van der Waals surface area contributed by atoms with Gasteiger partial charge in [-0.05, 0) is 22.4 Å². The molecule has 8 nitrogen and oxygen atoms in total. The van der Waals surface area contributed by atoms with E-state index in [1.807, 2.05) is 16.8 Å². The van der Waals surface area contributed by atoms with Gasteiger partial charge in [-0.2, -0.15) is 11.3 Å². The minimum Gasteiger partial charge on any atom is -0.378 e. The third-order valence-electron chi connectivity index (χ3n) is 5.09. The molecule has 0 aliphatic carbocycles. The lowest BCUT2D eigenvalue weighted by atomic mass is 10.1. The van der Waals surface area contributed by atoms with Crippen molar-refractivity contribution in [3.63, 3.8) is 0 Å². The molecule has 0 aromatic carbocycles. The number of rotatable bonds is 5. The van der Waals surface area contributed by atoms with E-state index in [-0.39, 0.29) is 30.5 Å². The molecule has 2 aliphatic rings. The molecule has 11 heteroatoms. The topological polar surface area (TPSA) is 80.6 Å². The van der Waals surface area contributed by atoms with E-state index in [0.717, 1.165) is 5.56 Å². The van der Waals surface area contributed by atoms with E-state index < -0.39 is 24.9 Å². The first-order valence-electron chi connectivity index (χ1n) is 9.37. The molecule has 2 aromatic rings. The molecule has 2 aliphatic heterocycles. The molecule has 2 amide bonds. The van der Waals surface area contributed by atoms with E-state index in [1.54, 1.807) is 4.90 Å². The summed E-state index contributed by atoms with van der Waals surface area (Å²) in [4.78, 5) is 27.9. The lowest BCUT2D eigenvalue weighted by molar-refractivity contribution is -0.132. The van der Waals surface area contributed by atoms with Gasteiger partial charge in [0.05, 0.1) is 45.0 Å². The molecule has 4 rings (SSSR count). The Labute approximate surface area is 170 Å². The second-order valence-corrected chi connectivity index (χ2v) is 8.05. The molecule has 0 radical (unpaired) electrons. The third-order valence-corrected chi connectivity index (χ3v) is 5.82. The summed E-state index contributed by atoms with van der Waals surface area (Å²) in [5.41, 5.74) is 0.973. The van der Waals surface area contributed by atoms with Gasteiger partial charge in [0, 0.05) is 19.5 Å². The van der Waals surface area contributed by atoms with Gasteiger partial charge in [0.2, 0.25) is 5.91 Å². The van der Waals surface area contributed by atoms with Crippen LogP contribution < -0.4 is 0 Å². The molecule has 0 spiro atoms. The molecule has 0 unspecified atom stereocenters. The van der Waals surface area contributed by atoms with Crippen LogP contribution in [0.1, 0.15) is 22.5 Å². The lowest BCUT2D eigenvalue weighted by Crippen LogP contribution is -2.41. The van der Waals surface area contributed by atoms with Gasteiger partial charge in [-0.25, -0.2) is 13.5 Å². The van der Waals surface area contributed by atoms with Gasteiger partial charge in [-0.3, -0.25) is 9.59 Å².